The van der Waals surface area contributed by atoms with Gasteiger partial charge in [-0.15, -0.1) is 11.6 Å². The molecule has 5 heteroatoms. The monoisotopic (exact) mass is 320 g/mol. The van der Waals surface area contributed by atoms with Gasteiger partial charge in [-0.05, 0) is 37.3 Å². The maximum absolute atomic E-state index is 6.31. The molecule has 0 saturated heterocycles. The zero-order chi connectivity index (χ0) is 15.0. The molecule has 2 aromatic carbocycles. The number of benzene rings is 2. The highest BCUT2D eigenvalue weighted by atomic mass is 35.5. The molecular weight excluding hydrogens is 307 g/mol. The van der Waals surface area contributed by atoms with Gasteiger partial charge in [-0.25, -0.2) is 4.98 Å². The summed E-state index contributed by atoms with van der Waals surface area (Å²) in [5.41, 5.74) is 2.70. The van der Waals surface area contributed by atoms with Gasteiger partial charge in [0.15, 0.2) is 0 Å². The van der Waals surface area contributed by atoms with Gasteiger partial charge in [0.1, 0.15) is 11.6 Å². The van der Waals surface area contributed by atoms with E-state index in [9.17, 15) is 0 Å². The molecule has 0 fully saturated rings. The van der Waals surface area contributed by atoms with Crippen LogP contribution in [0.3, 0.4) is 0 Å². The van der Waals surface area contributed by atoms with Crippen LogP contribution in [0, 0.1) is 0 Å². The maximum atomic E-state index is 6.31. The van der Waals surface area contributed by atoms with Gasteiger partial charge in [-0.1, -0.05) is 23.7 Å². The van der Waals surface area contributed by atoms with Crippen LogP contribution in [0.2, 0.25) is 5.02 Å². The van der Waals surface area contributed by atoms with Crippen LogP contribution in [0.5, 0.6) is 5.75 Å². The Bertz CT molecular complexity index is 796. The first-order valence-corrected chi connectivity index (χ1v) is 7.38. The lowest BCUT2D eigenvalue weighted by Crippen LogP contribution is -2.04. The molecule has 0 aliphatic carbocycles. The average molecular weight is 321 g/mol. The maximum Gasteiger partial charge on any atom is 0.143 e. The van der Waals surface area contributed by atoms with E-state index in [4.69, 9.17) is 27.9 Å². The van der Waals surface area contributed by atoms with Crippen molar-refractivity contribution in [3.63, 3.8) is 0 Å². The lowest BCUT2D eigenvalue weighted by Gasteiger charge is -2.14. The van der Waals surface area contributed by atoms with Crippen molar-refractivity contribution in [3.05, 3.63) is 53.3 Å². The van der Waals surface area contributed by atoms with Crippen LogP contribution in [0.25, 0.3) is 16.7 Å². The Hall–Kier alpha value is -1.71. The van der Waals surface area contributed by atoms with E-state index in [0.717, 1.165) is 28.3 Å². The van der Waals surface area contributed by atoms with Crippen molar-refractivity contribution in [1.29, 1.82) is 0 Å². The fourth-order valence-corrected chi connectivity index (χ4v) is 2.72. The summed E-state index contributed by atoms with van der Waals surface area (Å²) in [6.07, 6.45) is 0. The third kappa shape index (κ3) is 2.47. The molecule has 3 nitrogen and oxygen atoms in total. The third-order valence-corrected chi connectivity index (χ3v) is 3.75. The van der Waals surface area contributed by atoms with Gasteiger partial charge in [0.05, 0.1) is 29.2 Å². The Balaban J connectivity index is 2.38. The largest absolute Gasteiger partial charge is 0.495 e. The number of fused-ring (bicyclic) bond motifs is 1. The number of halogens is 2. The Morgan fingerprint density at radius 1 is 1.19 bits per heavy atom. The van der Waals surface area contributed by atoms with E-state index in [0.29, 0.717) is 5.02 Å². The molecule has 3 rings (SSSR count). The quantitative estimate of drug-likeness (QED) is 0.636. The van der Waals surface area contributed by atoms with Crippen molar-refractivity contribution < 1.29 is 4.74 Å². The third-order valence-electron chi connectivity index (χ3n) is 3.32. The Kier molecular flexibility index (Phi) is 3.79. The molecular formula is C16H14Cl2N2O. The van der Waals surface area contributed by atoms with Gasteiger partial charge in [-0.3, -0.25) is 4.57 Å². The van der Waals surface area contributed by atoms with Gasteiger partial charge in [0, 0.05) is 5.02 Å². The number of para-hydroxylation sites is 2. The molecule has 1 unspecified atom stereocenters. The summed E-state index contributed by atoms with van der Waals surface area (Å²) in [6.45, 7) is 1.90. The van der Waals surface area contributed by atoms with Gasteiger partial charge in [0.2, 0.25) is 0 Å². The second-order valence-corrected chi connectivity index (χ2v) is 5.82. The molecule has 21 heavy (non-hydrogen) atoms. The molecule has 0 amide bonds. The highest BCUT2D eigenvalue weighted by molar-refractivity contribution is 6.30. The first kappa shape index (κ1) is 14.2. The first-order valence-electron chi connectivity index (χ1n) is 6.57. The predicted molar refractivity (Wildman–Crippen MR) is 86.9 cm³/mol. The molecule has 1 aromatic heterocycles. The molecule has 0 N–H and O–H groups in total. The number of methoxy groups -OCH3 is 1. The Labute approximate surface area is 133 Å². The molecule has 0 aliphatic rings. The zero-order valence-corrected chi connectivity index (χ0v) is 13.2. The van der Waals surface area contributed by atoms with Crippen molar-refractivity contribution in [2.24, 2.45) is 0 Å². The summed E-state index contributed by atoms with van der Waals surface area (Å²) >= 11 is 12.5. The molecule has 1 atom stereocenters. The summed E-state index contributed by atoms with van der Waals surface area (Å²) in [4.78, 5) is 4.63. The topological polar surface area (TPSA) is 27.1 Å². The fraction of sp³-hybridized carbons (Fsp3) is 0.188. The van der Waals surface area contributed by atoms with E-state index in [2.05, 4.69) is 4.98 Å². The van der Waals surface area contributed by atoms with Crippen LogP contribution < -0.4 is 4.74 Å². The number of alkyl halides is 1. The zero-order valence-electron chi connectivity index (χ0n) is 11.7. The number of nitrogens with zero attached hydrogens (tertiary/aromatic N) is 2. The standard InChI is InChI=1S/C16H14Cl2N2O/c1-10(17)16-19-12-5-3-4-6-13(12)20(16)14-9-11(18)7-8-15(14)21-2/h3-10H,1-2H3. The van der Waals surface area contributed by atoms with E-state index in [1.54, 1.807) is 13.2 Å². The molecule has 0 saturated carbocycles. The fourth-order valence-electron chi connectivity index (χ4n) is 2.40. The van der Waals surface area contributed by atoms with Crippen LogP contribution in [0.15, 0.2) is 42.5 Å². The van der Waals surface area contributed by atoms with Crippen LogP contribution in [0.1, 0.15) is 18.1 Å². The van der Waals surface area contributed by atoms with Gasteiger partial charge < -0.3 is 4.74 Å². The van der Waals surface area contributed by atoms with Crippen molar-refractivity contribution in [2.75, 3.05) is 7.11 Å². The molecule has 0 spiro atoms. The summed E-state index contributed by atoms with van der Waals surface area (Å²) in [5.74, 6) is 1.49. The second kappa shape index (κ2) is 5.58. The molecule has 1 heterocycles. The summed E-state index contributed by atoms with van der Waals surface area (Å²) in [7, 11) is 1.63. The van der Waals surface area contributed by atoms with Gasteiger partial charge in [0.25, 0.3) is 0 Å². The Morgan fingerprint density at radius 3 is 2.67 bits per heavy atom. The molecule has 0 radical (unpaired) electrons. The van der Waals surface area contributed by atoms with Crippen LogP contribution >= 0.6 is 23.2 Å². The minimum Gasteiger partial charge on any atom is -0.495 e. The van der Waals surface area contributed by atoms with E-state index in [1.807, 2.05) is 47.9 Å². The first-order chi connectivity index (χ1) is 10.1. The van der Waals surface area contributed by atoms with E-state index < -0.39 is 0 Å². The van der Waals surface area contributed by atoms with Crippen molar-refractivity contribution in [1.82, 2.24) is 9.55 Å². The van der Waals surface area contributed by atoms with E-state index in [1.165, 1.54) is 0 Å². The van der Waals surface area contributed by atoms with Crippen LogP contribution in [0.4, 0.5) is 0 Å². The van der Waals surface area contributed by atoms with Crippen molar-refractivity contribution in [3.8, 4) is 11.4 Å². The second-order valence-electron chi connectivity index (χ2n) is 4.73. The van der Waals surface area contributed by atoms with E-state index in [-0.39, 0.29) is 5.38 Å². The highest BCUT2D eigenvalue weighted by Gasteiger charge is 2.18. The van der Waals surface area contributed by atoms with Crippen molar-refractivity contribution in [2.45, 2.75) is 12.3 Å². The number of rotatable bonds is 3. The minimum atomic E-state index is -0.235. The van der Waals surface area contributed by atoms with Crippen molar-refractivity contribution >= 4 is 34.2 Å². The lowest BCUT2D eigenvalue weighted by molar-refractivity contribution is 0.413. The van der Waals surface area contributed by atoms with Gasteiger partial charge in [-0.2, -0.15) is 0 Å². The number of hydrogen-bond donors (Lipinski definition) is 0. The minimum absolute atomic E-state index is 0.235. The summed E-state index contributed by atoms with van der Waals surface area (Å²) in [5, 5.41) is 0.401. The van der Waals surface area contributed by atoms with Gasteiger partial charge >= 0.3 is 0 Å². The molecule has 3 aromatic rings. The Morgan fingerprint density at radius 2 is 1.95 bits per heavy atom. The smallest absolute Gasteiger partial charge is 0.143 e. The number of aromatic nitrogens is 2. The highest BCUT2D eigenvalue weighted by Crippen LogP contribution is 2.33. The molecule has 108 valence electrons. The van der Waals surface area contributed by atoms with Crippen LogP contribution in [-0.2, 0) is 0 Å². The molecule has 0 aliphatic heterocycles. The number of imidazole rings is 1. The number of ether oxygens (including phenoxy) is 1. The summed E-state index contributed by atoms with van der Waals surface area (Å²) < 4.78 is 7.46. The normalized spacial score (nSPS) is 12.6. The average Bonchev–Trinajstić information content (AvgIpc) is 2.86. The molecule has 0 bridgehead atoms. The number of hydrogen-bond acceptors (Lipinski definition) is 2. The van der Waals surface area contributed by atoms with E-state index >= 15 is 0 Å². The predicted octanol–water partition coefficient (Wildman–Crippen LogP) is 4.99. The SMILES string of the molecule is COc1ccc(Cl)cc1-n1c(C(C)Cl)nc2ccccc21. The summed E-state index contributed by atoms with van der Waals surface area (Å²) in [6, 6.07) is 13.4. The van der Waals surface area contributed by atoms with Crippen LogP contribution in [-0.4, -0.2) is 16.7 Å². The lowest BCUT2D eigenvalue weighted by atomic mass is 10.2.